The zero-order valence-corrected chi connectivity index (χ0v) is 13.0. The second-order valence-corrected chi connectivity index (χ2v) is 7.11. The molecule has 2 aromatic carbocycles. The standard InChI is InChI=1S/C17H16FNO2S/c1-12-10-15(18)7-9-17(12)19-22(20,21)16-8-6-13-4-2-3-5-14(13)11-16/h2-5,7,9-11,19H,6,8H2,1H3. The molecule has 0 fully saturated rings. The van der Waals surface area contributed by atoms with E-state index in [-0.39, 0.29) is 5.82 Å². The van der Waals surface area contributed by atoms with E-state index in [2.05, 4.69) is 4.72 Å². The van der Waals surface area contributed by atoms with Crippen molar-refractivity contribution in [2.45, 2.75) is 19.8 Å². The summed E-state index contributed by atoms with van der Waals surface area (Å²) in [5.41, 5.74) is 3.05. The molecule has 0 saturated heterocycles. The Morgan fingerprint density at radius 3 is 2.64 bits per heavy atom. The van der Waals surface area contributed by atoms with Gasteiger partial charge in [0.25, 0.3) is 10.0 Å². The van der Waals surface area contributed by atoms with E-state index in [4.69, 9.17) is 0 Å². The number of anilines is 1. The van der Waals surface area contributed by atoms with Crippen molar-refractivity contribution in [1.82, 2.24) is 0 Å². The summed E-state index contributed by atoms with van der Waals surface area (Å²) in [6, 6.07) is 11.8. The van der Waals surface area contributed by atoms with Gasteiger partial charge in [-0.25, -0.2) is 12.8 Å². The number of allylic oxidation sites excluding steroid dienone is 1. The minimum atomic E-state index is -3.63. The number of aryl methyl sites for hydroxylation is 2. The van der Waals surface area contributed by atoms with Crippen molar-refractivity contribution in [1.29, 1.82) is 0 Å². The lowest BCUT2D eigenvalue weighted by molar-refractivity contribution is 0.604. The second kappa shape index (κ2) is 5.57. The summed E-state index contributed by atoms with van der Waals surface area (Å²) in [4.78, 5) is 0.356. The zero-order chi connectivity index (χ0) is 15.7. The maximum absolute atomic E-state index is 13.1. The quantitative estimate of drug-likeness (QED) is 0.934. The van der Waals surface area contributed by atoms with E-state index < -0.39 is 10.0 Å². The summed E-state index contributed by atoms with van der Waals surface area (Å²) in [6.07, 6.45) is 2.87. The van der Waals surface area contributed by atoms with Crippen LogP contribution in [0.1, 0.15) is 23.1 Å². The highest BCUT2D eigenvalue weighted by Crippen LogP contribution is 2.28. The first-order valence-corrected chi connectivity index (χ1v) is 8.51. The average Bonchev–Trinajstić information content (AvgIpc) is 2.49. The molecule has 2 aromatic rings. The number of rotatable bonds is 3. The maximum atomic E-state index is 13.1. The minimum absolute atomic E-state index is 0.356. The van der Waals surface area contributed by atoms with Crippen LogP contribution in [0.25, 0.3) is 6.08 Å². The van der Waals surface area contributed by atoms with Gasteiger partial charge in [-0.05, 0) is 60.7 Å². The molecule has 114 valence electrons. The molecule has 0 heterocycles. The highest BCUT2D eigenvalue weighted by molar-refractivity contribution is 7.96. The van der Waals surface area contributed by atoms with Gasteiger partial charge in [-0.2, -0.15) is 0 Å². The fraction of sp³-hybridized carbons (Fsp3) is 0.176. The Morgan fingerprint density at radius 2 is 1.86 bits per heavy atom. The lowest BCUT2D eigenvalue weighted by Gasteiger charge is -2.18. The molecule has 3 rings (SSSR count). The highest BCUT2D eigenvalue weighted by Gasteiger charge is 2.22. The van der Waals surface area contributed by atoms with Crippen LogP contribution >= 0.6 is 0 Å². The molecule has 0 saturated carbocycles. The summed E-state index contributed by atoms with van der Waals surface area (Å²) in [7, 11) is -3.63. The van der Waals surface area contributed by atoms with Crippen LogP contribution in [0.4, 0.5) is 10.1 Å². The number of fused-ring (bicyclic) bond motifs is 1. The zero-order valence-electron chi connectivity index (χ0n) is 12.1. The SMILES string of the molecule is Cc1cc(F)ccc1NS(=O)(=O)C1=Cc2ccccc2CC1. The lowest BCUT2D eigenvalue weighted by atomic mass is 9.98. The number of halogens is 1. The van der Waals surface area contributed by atoms with Crippen LogP contribution in [0.3, 0.4) is 0 Å². The smallest absolute Gasteiger partial charge is 0.258 e. The Kier molecular flexibility index (Phi) is 3.74. The summed E-state index contributed by atoms with van der Waals surface area (Å²) in [5.74, 6) is -0.383. The maximum Gasteiger partial charge on any atom is 0.258 e. The first-order valence-electron chi connectivity index (χ1n) is 7.03. The molecule has 1 N–H and O–H groups in total. The van der Waals surface area contributed by atoms with Crippen molar-refractivity contribution < 1.29 is 12.8 Å². The van der Waals surface area contributed by atoms with Gasteiger partial charge in [0.15, 0.2) is 0 Å². The number of hydrogen-bond donors (Lipinski definition) is 1. The van der Waals surface area contributed by atoms with E-state index >= 15 is 0 Å². The Bertz CT molecular complexity index is 857. The Labute approximate surface area is 129 Å². The molecule has 0 aromatic heterocycles. The van der Waals surface area contributed by atoms with Gasteiger partial charge in [0.2, 0.25) is 0 Å². The van der Waals surface area contributed by atoms with Crippen LogP contribution < -0.4 is 4.72 Å². The van der Waals surface area contributed by atoms with Crippen LogP contribution in [0.5, 0.6) is 0 Å². The van der Waals surface area contributed by atoms with Gasteiger partial charge in [-0.3, -0.25) is 4.72 Å². The second-order valence-electron chi connectivity index (χ2n) is 5.37. The van der Waals surface area contributed by atoms with Crippen LogP contribution in [0.2, 0.25) is 0 Å². The topological polar surface area (TPSA) is 46.2 Å². The normalized spacial score (nSPS) is 14.2. The number of benzene rings is 2. The average molecular weight is 317 g/mol. The Balaban J connectivity index is 1.93. The van der Waals surface area contributed by atoms with Gasteiger partial charge in [0, 0.05) is 0 Å². The predicted octanol–water partition coefficient (Wildman–Crippen LogP) is 3.86. The van der Waals surface area contributed by atoms with Crippen molar-refractivity contribution in [3.8, 4) is 0 Å². The monoisotopic (exact) mass is 317 g/mol. The van der Waals surface area contributed by atoms with Crippen molar-refractivity contribution in [3.63, 3.8) is 0 Å². The number of hydrogen-bond acceptors (Lipinski definition) is 2. The summed E-state index contributed by atoms with van der Waals surface area (Å²) >= 11 is 0. The molecule has 0 atom stereocenters. The molecule has 1 aliphatic carbocycles. The molecule has 3 nitrogen and oxygen atoms in total. The molecule has 0 bridgehead atoms. The van der Waals surface area contributed by atoms with Crippen LogP contribution in [-0.2, 0) is 16.4 Å². The highest BCUT2D eigenvalue weighted by atomic mass is 32.2. The Hall–Kier alpha value is -2.14. The lowest BCUT2D eigenvalue weighted by Crippen LogP contribution is -2.18. The van der Waals surface area contributed by atoms with Gasteiger partial charge < -0.3 is 0 Å². The van der Waals surface area contributed by atoms with Gasteiger partial charge in [-0.15, -0.1) is 0 Å². The van der Waals surface area contributed by atoms with Gasteiger partial charge in [-0.1, -0.05) is 24.3 Å². The first kappa shape index (κ1) is 14.8. The van der Waals surface area contributed by atoms with Gasteiger partial charge >= 0.3 is 0 Å². The molecular formula is C17H16FNO2S. The number of nitrogens with one attached hydrogen (secondary N) is 1. The van der Waals surface area contributed by atoms with E-state index in [1.807, 2.05) is 24.3 Å². The molecule has 1 aliphatic rings. The van der Waals surface area contributed by atoms with Crippen LogP contribution in [0.15, 0.2) is 47.4 Å². The van der Waals surface area contributed by atoms with E-state index in [1.54, 1.807) is 13.0 Å². The molecule has 22 heavy (non-hydrogen) atoms. The van der Waals surface area contributed by atoms with E-state index in [9.17, 15) is 12.8 Å². The third-order valence-corrected chi connectivity index (χ3v) is 5.29. The first-order chi connectivity index (χ1) is 10.5. The molecule has 0 spiro atoms. The van der Waals surface area contributed by atoms with Gasteiger partial charge in [0.1, 0.15) is 5.82 Å². The van der Waals surface area contributed by atoms with Crippen molar-refractivity contribution in [2.75, 3.05) is 4.72 Å². The third kappa shape index (κ3) is 2.90. The van der Waals surface area contributed by atoms with Crippen LogP contribution in [0, 0.1) is 12.7 Å². The Morgan fingerprint density at radius 1 is 1.09 bits per heavy atom. The fourth-order valence-corrected chi connectivity index (χ4v) is 3.87. The largest absolute Gasteiger partial charge is 0.280 e. The third-order valence-electron chi connectivity index (χ3n) is 3.79. The fourth-order valence-electron chi connectivity index (χ4n) is 2.57. The van der Waals surface area contributed by atoms with Crippen LogP contribution in [-0.4, -0.2) is 8.42 Å². The molecule has 0 unspecified atom stereocenters. The number of sulfonamides is 1. The molecule has 0 aliphatic heterocycles. The molecule has 0 radical (unpaired) electrons. The summed E-state index contributed by atoms with van der Waals surface area (Å²) in [5, 5.41) is 0. The molecule has 5 heteroatoms. The van der Waals surface area contributed by atoms with Gasteiger partial charge in [0.05, 0.1) is 10.6 Å². The summed E-state index contributed by atoms with van der Waals surface area (Å²) in [6.45, 7) is 1.67. The predicted molar refractivity (Wildman–Crippen MR) is 86.4 cm³/mol. The van der Waals surface area contributed by atoms with E-state index in [1.165, 1.54) is 18.2 Å². The van der Waals surface area contributed by atoms with E-state index in [0.29, 0.717) is 29.0 Å². The minimum Gasteiger partial charge on any atom is -0.280 e. The summed E-state index contributed by atoms with van der Waals surface area (Å²) < 4.78 is 40.7. The molecular weight excluding hydrogens is 301 g/mol. The molecule has 0 amide bonds. The van der Waals surface area contributed by atoms with Crippen molar-refractivity contribution in [2.24, 2.45) is 0 Å². The van der Waals surface area contributed by atoms with Crippen molar-refractivity contribution in [3.05, 3.63) is 69.9 Å². The van der Waals surface area contributed by atoms with E-state index in [0.717, 1.165) is 11.1 Å². The van der Waals surface area contributed by atoms with Crippen molar-refractivity contribution >= 4 is 21.8 Å².